The van der Waals surface area contributed by atoms with Crippen LogP contribution in [-0.2, 0) is 12.7 Å². The Hall–Kier alpha value is 0.821. The molecule has 1 saturated carbocycles. The minimum absolute atomic E-state index is 0.227. The maximum atomic E-state index is 6.68. The van der Waals surface area contributed by atoms with Crippen LogP contribution in [0.15, 0.2) is 0 Å². The Bertz CT molecular complexity index is 267. The van der Waals surface area contributed by atoms with Gasteiger partial charge in [0.2, 0.25) is 0 Å². The van der Waals surface area contributed by atoms with Crippen molar-refractivity contribution in [2.45, 2.75) is 77.5 Å². The molecule has 0 amide bonds. The molecule has 0 radical (unpaired) electrons. The zero-order chi connectivity index (χ0) is 14.7. The fourth-order valence-electron chi connectivity index (χ4n) is 2.18. The second kappa shape index (κ2) is 6.72. The van der Waals surface area contributed by atoms with Crippen molar-refractivity contribution < 1.29 is 12.7 Å². The minimum Gasteiger partial charge on any atom is -0.405 e. The average Bonchev–Trinajstić information content (AvgIpc) is 2.11. The molecule has 0 atom stereocenters. The lowest BCUT2D eigenvalue weighted by atomic mass is 9.98. The molecule has 0 heterocycles. The largest absolute Gasteiger partial charge is 0.592 e. The van der Waals surface area contributed by atoms with Crippen LogP contribution < -0.4 is 0 Å². The van der Waals surface area contributed by atoms with Crippen molar-refractivity contribution in [3.05, 3.63) is 0 Å². The van der Waals surface area contributed by atoms with E-state index in [2.05, 4.69) is 39.3 Å². The van der Waals surface area contributed by atoms with Gasteiger partial charge in [-0.2, -0.15) is 0 Å². The van der Waals surface area contributed by atoms with Gasteiger partial charge in [0, 0.05) is 0 Å². The molecule has 0 bridgehead atoms. The number of rotatable bonds is 6. The smallest absolute Gasteiger partial charge is 0.405 e. The summed E-state index contributed by atoms with van der Waals surface area (Å²) in [6.07, 6.45) is 6.17. The molecule has 19 heavy (non-hydrogen) atoms. The number of hydrogen-bond donors (Lipinski definition) is 0. The first kappa shape index (κ1) is 17.9. The molecule has 0 aromatic heterocycles. The van der Waals surface area contributed by atoms with Crippen molar-refractivity contribution >= 4 is 35.8 Å². The van der Waals surface area contributed by atoms with Gasteiger partial charge in [0.1, 0.15) is 0 Å². The van der Waals surface area contributed by atoms with Crippen molar-refractivity contribution in [3.63, 3.8) is 0 Å². The van der Waals surface area contributed by atoms with Crippen LogP contribution in [0.5, 0.6) is 0 Å². The van der Waals surface area contributed by atoms with Gasteiger partial charge in [-0.15, -0.1) is 0 Å². The van der Waals surface area contributed by atoms with Crippen molar-refractivity contribution in [2.75, 3.05) is 0 Å². The SMILES string of the molecule is C[Si](C)(C)O[Si](Cl)(OC1CCCCC1)O[Si](C)(C)C. The topological polar surface area (TPSA) is 27.7 Å². The summed E-state index contributed by atoms with van der Waals surface area (Å²) in [5.74, 6) is 0. The number of halogens is 1. The van der Waals surface area contributed by atoms with Crippen LogP contribution in [0.3, 0.4) is 0 Å². The Morgan fingerprint density at radius 3 is 1.58 bits per heavy atom. The van der Waals surface area contributed by atoms with Gasteiger partial charge in [0.05, 0.1) is 6.10 Å². The van der Waals surface area contributed by atoms with E-state index in [-0.39, 0.29) is 6.10 Å². The molecule has 1 fully saturated rings. The molecular formula is C12H29ClO3Si3. The summed E-state index contributed by atoms with van der Waals surface area (Å²) in [6, 6.07) is 0. The first-order valence-corrected chi connectivity index (χ1v) is 16.8. The molecule has 1 aliphatic carbocycles. The predicted octanol–water partition coefficient (Wildman–Crippen LogP) is 4.71. The Labute approximate surface area is 126 Å². The van der Waals surface area contributed by atoms with Gasteiger partial charge in [-0.25, -0.2) is 0 Å². The fraction of sp³-hybridized carbons (Fsp3) is 1.00. The highest BCUT2D eigenvalue weighted by Crippen LogP contribution is 2.30. The monoisotopic (exact) mass is 340 g/mol. The zero-order valence-corrected chi connectivity index (χ0v) is 17.0. The van der Waals surface area contributed by atoms with E-state index in [9.17, 15) is 0 Å². The molecule has 0 N–H and O–H groups in total. The van der Waals surface area contributed by atoms with E-state index in [1.54, 1.807) is 0 Å². The summed E-state index contributed by atoms with van der Waals surface area (Å²) < 4.78 is 18.4. The molecule has 1 rings (SSSR count). The van der Waals surface area contributed by atoms with Crippen LogP contribution in [0.25, 0.3) is 0 Å². The van der Waals surface area contributed by atoms with Gasteiger partial charge in [-0.3, -0.25) is 0 Å². The van der Waals surface area contributed by atoms with Crippen molar-refractivity contribution in [2.24, 2.45) is 0 Å². The van der Waals surface area contributed by atoms with Crippen LogP contribution in [-0.4, -0.2) is 30.9 Å². The quantitative estimate of drug-likeness (QED) is 0.517. The van der Waals surface area contributed by atoms with E-state index in [4.69, 9.17) is 23.7 Å². The Morgan fingerprint density at radius 1 is 0.789 bits per heavy atom. The third kappa shape index (κ3) is 7.99. The first-order valence-electron chi connectivity index (χ1n) is 7.26. The summed E-state index contributed by atoms with van der Waals surface area (Å²) in [6.45, 7) is 12.8. The lowest BCUT2D eigenvalue weighted by Crippen LogP contribution is -2.54. The maximum absolute atomic E-state index is 6.68. The number of hydrogen-bond acceptors (Lipinski definition) is 3. The van der Waals surface area contributed by atoms with E-state index in [0.29, 0.717) is 0 Å². The fourth-order valence-corrected chi connectivity index (χ4v) is 14.1. The summed E-state index contributed by atoms with van der Waals surface area (Å²) in [7, 11) is -6.56. The first-order chi connectivity index (χ1) is 8.49. The molecular weight excluding hydrogens is 312 g/mol. The van der Waals surface area contributed by atoms with Crippen molar-refractivity contribution in [1.29, 1.82) is 0 Å². The van der Waals surface area contributed by atoms with Gasteiger partial charge < -0.3 is 12.7 Å². The highest BCUT2D eigenvalue weighted by molar-refractivity contribution is 7.14. The van der Waals surface area contributed by atoms with Crippen LogP contribution in [0.1, 0.15) is 32.1 Å². The molecule has 3 nitrogen and oxygen atoms in total. The van der Waals surface area contributed by atoms with E-state index < -0.39 is 24.7 Å². The maximum Gasteiger partial charge on any atom is 0.592 e. The van der Waals surface area contributed by atoms with Gasteiger partial charge in [-0.1, -0.05) is 30.3 Å². The molecule has 0 saturated heterocycles. The summed E-state index contributed by atoms with van der Waals surface area (Å²) in [5, 5.41) is 0. The molecule has 0 spiro atoms. The van der Waals surface area contributed by atoms with Crippen molar-refractivity contribution in [1.82, 2.24) is 0 Å². The summed E-state index contributed by atoms with van der Waals surface area (Å²) >= 11 is 6.68. The second-order valence-electron chi connectivity index (χ2n) is 7.29. The van der Waals surface area contributed by atoms with E-state index in [1.165, 1.54) is 19.3 Å². The molecule has 0 unspecified atom stereocenters. The average molecular weight is 341 g/mol. The molecule has 7 heteroatoms. The van der Waals surface area contributed by atoms with Crippen molar-refractivity contribution in [3.8, 4) is 0 Å². The third-order valence-electron chi connectivity index (χ3n) is 2.72. The highest BCUT2D eigenvalue weighted by Gasteiger charge is 2.48. The second-order valence-corrected chi connectivity index (χ2v) is 20.0. The molecule has 114 valence electrons. The molecule has 0 aliphatic heterocycles. The normalized spacial score (nSPS) is 19.7. The zero-order valence-electron chi connectivity index (χ0n) is 13.2. The van der Waals surface area contributed by atoms with Crippen LogP contribution in [0, 0.1) is 0 Å². The Morgan fingerprint density at radius 2 is 1.21 bits per heavy atom. The van der Waals surface area contributed by atoms with Gasteiger partial charge in [0.15, 0.2) is 16.6 Å². The molecule has 1 aliphatic rings. The Balaban J connectivity index is 2.72. The predicted molar refractivity (Wildman–Crippen MR) is 88.4 cm³/mol. The molecule has 0 aromatic rings. The van der Waals surface area contributed by atoms with Crippen LogP contribution in [0.4, 0.5) is 0 Å². The summed E-state index contributed by atoms with van der Waals surface area (Å²) in [4.78, 5) is 0. The molecule has 0 aromatic carbocycles. The minimum atomic E-state index is -3.01. The lowest BCUT2D eigenvalue weighted by Gasteiger charge is -2.37. The standard InChI is InChI=1S/C12H29ClO3Si3/c1-17(2,3)15-19(13,16-18(4,5)6)14-12-10-8-7-9-11-12/h12H,7-11H2,1-6H3. The van der Waals surface area contributed by atoms with Crippen LogP contribution in [0.2, 0.25) is 39.3 Å². The highest BCUT2D eigenvalue weighted by atomic mass is 35.6. The van der Waals surface area contributed by atoms with Gasteiger partial charge in [0.25, 0.3) is 0 Å². The van der Waals surface area contributed by atoms with Gasteiger partial charge in [-0.05, 0) is 52.1 Å². The van der Waals surface area contributed by atoms with E-state index in [1.807, 2.05) is 0 Å². The van der Waals surface area contributed by atoms with Gasteiger partial charge >= 0.3 is 8.11 Å². The van der Waals surface area contributed by atoms with E-state index >= 15 is 0 Å². The van der Waals surface area contributed by atoms with Crippen LogP contribution >= 0.6 is 11.1 Å². The lowest BCUT2D eigenvalue weighted by molar-refractivity contribution is 0.0884. The van der Waals surface area contributed by atoms with E-state index in [0.717, 1.165) is 12.8 Å². The third-order valence-corrected chi connectivity index (χ3v) is 11.8. The Kier molecular flexibility index (Phi) is 6.32. The summed E-state index contributed by atoms with van der Waals surface area (Å²) in [5.41, 5.74) is 0.